The number of fused-ring (bicyclic) bond motifs is 1. The first-order chi connectivity index (χ1) is 14.6. The first-order valence-corrected chi connectivity index (χ1v) is 10.8. The molecule has 0 spiro atoms. The second kappa shape index (κ2) is 10.5. The predicted octanol–water partition coefficient (Wildman–Crippen LogP) is 5.16. The molecule has 1 heterocycles. The summed E-state index contributed by atoms with van der Waals surface area (Å²) in [5.41, 5.74) is 1.22. The second-order valence-corrected chi connectivity index (χ2v) is 7.86. The highest BCUT2D eigenvalue weighted by Crippen LogP contribution is 2.34. The molecule has 0 aliphatic heterocycles. The molecule has 30 heavy (non-hydrogen) atoms. The van der Waals surface area contributed by atoms with Crippen LogP contribution in [0.3, 0.4) is 0 Å². The fourth-order valence-corrected chi connectivity index (χ4v) is 4.40. The first-order valence-electron chi connectivity index (χ1n) is 10.0. The Morgan fingerprint density at radius 3 is 2.53 bits per heavy atom. The predicted molar refractivity (Wildman–Crippen MR) is 120 cm³/mol. The molecule has 7 heteroatoms. The van der Waals surface area contributed by atoms with Crippen LogP contribution in [0, 0.1) is 5.82 Å². The van der Waals surface area contributed by atoms with Crippen molar-refractivity contribution in [1.82, 2.24) is 4.90 Å². The number of methoxy groups -OCH3 is 1. The summed E-state index contributed by atoms with van der Waals surface area (Å²) in [4.78, 5) is 15.6. The highest BCUT2D eigenvalue weighted by atomic mass is 32.1. The maximum Gasteiger partial charge on any atom is 0.266 e. The average molecular weight is 431 g/mol. The van der Waals surface area contributed by atoms with Crippen molar-refractivity contribution in [2.45, 2.75) is 20.5 Å². The quantitative estimate of drug-likeness (QED) is 0.483. The molecule has 0 fully saturated rings. The van der Waals surface area contributed by atoms with Gasteiger partial charge in [-0.15, -0.1) is 11.3 Å². The average Bonchev–Trinajstić information content (AvgIpc) is 3.13. The number of anilines is 1. The number of benzene rings is 2. The summed E-state index contributed by atoms with van der Waals surface area (Å²) in [6.45, 7) is 7.91. The Hall–Kier alpha value is -2.48. The summed E-state index contributed by atoms with van der Waals surface area (Å²) in [5, 5.41) is 3.34. The van der Waals surface area contributed by atoms with Crippen molar-refractivity contribution in [1.29, 1.82) is 0 Å². The molecule has 2 aromatic carbocycles. The minimum Gasteiger partial charge on any atom is -0.492 e. The zero-order valence-corrected chi connectivity index (χ0v) is 18.4. The van der Waals surface area contributed by atoms with Gasteiger partial charge in [0, 0.05) is 35.0 Å². The lowest BCUT2D eigenvalue weighted by Crippen LogP contribution is -2.27. The number of hydrogen-bond donors (Lipinski definition) is 1. The van der Waals surface area contributed by atoms with Crippen molar-refractivity contribution in [3.05, 3.63) is 58.7 Å². The summed E-state index contributed by atoms with van der Waals surface area (Å²) >= 11 is 1.27. The Morgan fingerprint density at radius 2 is 1.87 bits per heavy atom. The van der Waals surface area contributed by atoms with Gasteiger partial charge in [-0.2, -0.15) is 0 Å². The van der Waals surface area contributed by atoms with Gasteiger partial charge in [0.2, 0.25) is 0 Å². The van der Waals surface area contributed by atoms with E-state index in [2.05, 4.69) is 24.1 Å². The first kappa shape index (κ1) is 22.2. The molecule has 0 saturated carbocycles. The van der Waals surface area contributed by atoms with Crippen LogP contribution in [0.4, 0.5) is 10.1 Å². The number of amides is 1. The number of carbonyl (C=O) groups excluding carboxylic acids is 1. The third-order valence-electron chi connectivity index (χ3n) is 4.94. The number of ether oxygens (including phenoxy) is 2. The minimum atomic E-state index is -0.346. The van der Waals surface area contributed by atoms with Gasteiger partial charge >= 0.3 is 0 Å². The number of thiophene rings is 1. The molecule has 3 rings (SSSR count). The van der Waals surface area contributed by atoms with Crippen molar-refractivity contribution in [3.63, 3.8) is 0 Å². The van der Waals surface area contributed by atoms with Gasteiger partial charge in [0.1, 0.15) is 18.2 Å². The third-order valence-corrected chi connectivity index (χ3v) is 6.14. The number of nitrogens with zero attached hydrogens (tertiary/aromatic N) is 1. The number of halogens is 1. The molecule has 0 saturated heterocycles. The Bertz CT molecular complexity index is 984. The van der Waals surface area contributed by atoms with Crippen molar-refractivity contribution in [2.75, 3.05) is 38.7 Å². The SMILES string of the molecule is CCN(CC)CCOc1ccc(NC(=O)c2sc3cccc(F)c3c2COC)cc1. The Morgan fingerprint density at radius 1 is 1.13 bits per heavy atom. The van der Waals surface area contributed by atoms with Crippen LogP contribution in [0.15, 0.2) is 42.5 Å². The van der Waals surface area contributed by atoms with E-state index in [0.29, 0.717) is 28.1 Å². The summed E-state index contributed by atoms with van der Waals surface area (Å²) in [5.74, 6) is 0.128. The van der Waals surface area contributed by atoms with E-state index < -0.39 is 0 Å². The van der Waals surface area contributed by atoms with E-state index in [9.17, 15) is 9.18 Å². The van der Waals surface area contributed by atoms with Crippen LogP contribution in [0.1, 0.15) is 29.1 Å². The van der Waals surface area contributed by atoms with Crippen molar-refractivity contribution < 1.29 is 18.7 Å². The lowest BCUT2D eigenvalue weighted by Gasteiger charge is -2.18. The fraction of sp³-hybridized carbons (Fsp3) is 0.348. The lowest BCUT2D eigenvalue weighted by molar-refractivity contribution is 0.102. The van der Waals surface area contributed by atoms with Gasteiger partial charge in [-0.3, -0.25) is 4.79 Å². The van der Waals surface area contributed by atoms with E-state index in [1.807, 2.05) is 18.2 Å². The van der Waals surface area contributed by atoms with E-state index in [4.69, 9.17) is 9.47 Å². The molecule has 0 aliphatic carbocycles. The molecule has 0 unspecified atom stereocenters. The molecule has 1 N–H and O–H groups in total. The Labute approximate surface area is 180 Å². The van der Waals surface area contributed by atoms with Gasteiger partial charge in [0.15, 0.2) is 0 Å². The number of carbonyl (C=O) groups is 1. The van der Waals surface area contributed by atoms with Crippen LogP contribution in [0.2, 0.25) is 0 Å². The highest BCUT2D eigenvalue weighted by Gasteiger charge is 2.20. The fourth-order valence-electron chi connectivity index (χ4n) is 3.29. The van der Waals surface area contributed by atoms with E-state index in [1.54, 1.807) is 18.2 Å². The monoisotopic (exact) mass is 430 g/mol. The van der Waals surface area contributed by atoms with Crippen LogP contribution < -0.4 is 10.1 Å². The summed E-state index contributed by atoms with van der Waals surface area (Å²) in [6.07, 6.45) is 0. The Balaban J connectivity index is 1.69. The number of likely N-dealkylation sites (N-methyl/N-ethyl adjacent to an activating group) is 1. The summed E-state index contributed by atoms with van der Waals surface area (Å²) < 4.78 is 26.0. The molecule has 0 aliphatic rings. The van der Waals surface area contributed by atoms with Gasteiger partial charge in [-0.25, -0.2) is 4.39 Å². The molecule has 1 amide bonds. The van der Waals surface area contributed by atoms with Crippen LogP contribution in [-0.2, 0) is 11.3 Å². The molecule has 160 valence electrons. The summed E-state index contributed by atoms with van der Waals surface area (Å²) in [7, 11) is 1.53. The maximum absolute atomic E-state index is 14.3. The number of rotatable bonds is 10. The standard InChI is InChI=1S/C23H27FN2O3S/c1-4-26(5-2)13-14-29-17-11-9-16(10-12-17)25-23(27)22-18(15-28-3)21-19(24)7-6-8-20(21)30-22/h6-12H,4-5,13-15H2,1-3H3,(H,25,27). The van der Waals surface area contributed by atoms with Crippen LogP contribution in [-0.4, -0.2) is 44.2 Å². The number of hydrogen-bond acceptors (Lipinski definition) is 5. The molecular formula is C23H27FN2O3S. The van der Waals surface area contributed by atoms with E-state index in [-0.39, 0.29) is 18.3 Å². The van der Waals surface area contributed by atoms with Gasteiger partial charge in [-0.05, 0) is 49.5 Å². The van der Waals surface area contributed by atoms with Gasteiger partial charge in [0.25, 0.3) is 5.91 Å². The zero-order valence-electron chi connectivity index (χ0n) is 17.5. The van der Waals surface area contributed by atoms with Crippen LogP contribution >= 0.6 is 11.3 Å². The van der Waals surface area contributed by atoms with Crippen molar-refractivity contribution in [3.8, 4) is 5.75 Å². The normalized spacial score (nSPS) is 11.2. The largest absolute Gasteiger partial charge is 0.492 e. The number of nitrogens with one attached hydrogen (secondary N) is 1. The van der Waals surface area contributed by atoms with Crippen LogP contribution in [0.5, 0.6) is 5.75 Å². The minimum absolute atomic E-state index is 0.170. The molecular weight excluding hydrogens is 403 g/mol. The van der Waals surface area contributed by atoms with E-state index in [1.165, 1.54) is 24.5 Å². The maximum atomic E-state index is 14.3. The molecule has 0 atom stereocenters. The lowest BCUT2D eigenvalue weighted by atomic mass is 10.1. The highest BCUT2D eigenvalue weighted by molar-refractivity contribution is 7.21. The topological polar surface area (TPSA) is 50.8 Å². The zero-order chi connectivity index (χ0) is 21.5. The van der Waals surface area contributed by atoms with Gasteiger partial charge in [-0.1, -0.05) is 19.9 Å². The molecule has 3 aromatic rings. The molecule has 0 radical (unpaired) electrons. The van der Waals surface area contributed by atoms with Crippen LogP contribution in [0.25, 0.3) is 10.1 Å². The van der Waals surface area contributed by atoms with E-state index in [0.717, 1.165) is 30.1 Å². The summed E-state index contributed by atoms with van der Waals surface area (Å²) in [6, 6.07) is 12.1. The Kier molecular flexibility index (Phi) is 7.79. The van der Waals surface area contributed by atoms with E-state index >= 15 is 0 Å². The second-order valence-electron chi connectivity index (χ2n) is 6.81. The molecule has 1 aromatic heterocycles. The van der Waals surface area contributed by atoms with Crippen molar-refractivity contribution >= 4 is 33.0 Å². The molecule has 5 nitrogen and oxygen atoms in total. The van der Waals surface area contributed by atoms with Gasteiger partial charge in [0.05, 0.1) is 11.5 Å². The van der Waals surface area contributed by atoms with Gasteiger partial charge < -0.3 is 19.7 Å². The third kappa shape index (κ3) is 5.16. The molecule has 0 bridgehead atoms. The smallest absolute Gasteiger partial charge is 0.266 e. The van der Waals surface area contributed by atoms with Crippen molar-refractivity contribution in [2.24, 2.45) is 0 Å².